The van der Waals surface area contributed by atoms with Gasteiger partial charge in [-0.2, -0.15) is 0 Å². The highest BCUT2D eigenvalue weighted by atomic mass is 32.2. The molecule has 0 spiro atoms. The van der Waals surface area contributed by atoms with Gasteiger partial charge in [0.1, 0.15) is 18.1 Å². The minimum atomic E-state index is -4.20. The Balaban J connectivity index is 1.91. The van der Waals surface area contributed by atoms with Crippen molar-refractivity contribution in [3.8, 4) is 5.75 Å². The van der Waals surface area contributed by atoms with Crippen molar-refractivity contribution >= 4 is 33.3 Å². The molecule has 3 aromatic rings. The third kappa shape index (κ3) is 6.39. The SMILES string of the molecule is CCOC(=O)c1ccc(C)c(NC(=O)CN(c2ccc(F)cc2)S(=O)(=O)c2ccc(OCC)cc2)c1. The van der Waals surface area contributed by atoms with Crippen LogP contribution in [0.2, 0.25) is 0 Å². The number of hydrogen-bond acceptors (Lipinski definition) is 6. The van der Waals surface area contributed by atoms with E-state index in [4.69, 9.17) is 9.47 Å². The van der Waals surface area contributed by atoms with E-state index in [0.717, 1.165) is 16.4 Å². The summed E-state index contributed by atoms with van der Waals surface area (Å²) in [5, 5.41) is 2.66. The molecule has 3 aromatic carbocycles. The number of ether oxygens (including phenoxy) is 2. The van der Waals surface area contributed by atoms with Crippen LogP contribution < -0.4 is 14.4 Å². The van der Waals surface area contributed by atoms with Crippen molar-refractivity contribution in [2.45, 2.75) is 25.7 Å². The highest BCUT2D eigenvalue weighted by Crippen LogP contribution is 2.26. The number of rotatable bonds is 10. The van der Waals surface area contributed by atoms with Gasteiger partial charge in [0.2, 0.25) is 5.91 Å². The first-order valence-corrected chi connectivity index (χ1v) is 12.7. The zero-order chi connectivity index (χ0) is 26.3. The highest BCUT2D eigenvalue weighted by Gasteiger charge is 2.27. The Morgan fingerprint density at radius 3 is 2.22 bits per heavy atom. The van der Waals surface area contributed by atoms with Gasteiger partial charge in [-0.3, -0.25) is 9.10 Å². The molecule has 0 heterocycles. The average Bonchev–Trinajstić information content (AvgIpc) is 2.85. The number of sulfonamides is 1. The fraction of sp³-hybridized carbons (Fsp3) is 0.231. The molecule has 10 heteroatoms. The smallest absolute Gasteiger partial charge is 0.338 e. The van der Waals surface area contributed by atoms with E-state index in [-0.39, 0.29) is 22.8 Å². The number of hydrogen-bond donors (Lipinski definition) is 1. The predicted octanol–water partition coefficient (Wildman–Crippen LogP) is 4.54. The van der Waals surface area contributed by atoms with E-state index in [1.807, 2.05) is 6.92 Å². The molecule has 1 N–H and O–H groups in total. The Hall–Kier alpha value is -3.92. The van der Waals surface area contributed by atoms with Gasteiger partial charge in [0.05, 0.1) is 29.4 Å². The summed E-state index contributed by atoms with van der Waals surface area (Å²) in [4.78, 5) is 25.0. The second-order valence-corrected chi connectivity index (χ2v) is 9.55. The largest absolute Gasteiger partial charge is 0.494 e. The van der Waals surface area contributed by atoms with E-state index in [1.54, 1.807) is 26.0 Å². The van der Waals surface area contributed by atoms with Crippen LogP contribution in [0.25, 0.3) is 0 Å². The maximum Gasteiger partial charge on any atom is 0.338 e. The van der Waals surface area contributed by atoms with Crippen molar-refractivity contribution in [1.82, 2.24) is 0 Å². The summed E-state index contributed by atoms with van der Waals surface area (Å²) < 4.78 is 51.8. The van der Waals surface area contributed by atoms with Gasteiger partial charge < -0.3 is 14.8 Å². The number of nitrogens with one attached hydrogen (secondary N) is 1. The zero-order valence-corrected chi connectivity index (χ0v) is 21.0. The van der Waals surface area contributed by atoms with Crippen LogP contribution in [0.4, 0.5) is 15.8 Å². The van der Waals surface area contributed by atoms with E-state index in [2.05, 4.69) is 5.32 Å². The number of amides is 1. The number of benzene rings is 3. The minimum absolute atomic E-state index is 0.0661. The first kappa shape index (κ1) is 26.7. The van der Waals surface area contributed by atoms with Crippen molar-refractivity contribution < 1.29 is 31.9 Å². The lowest BCUT2D eigenvalue weighted by Crippen LogP contribution is -2.38. The van der Waals surface area contributed by atoms with Crippen molar-refractivity contribution in [3.05, 3.63) is 83.7 Å². The van der Waals surface area contributed by atoms with Crippen LogP contribution in [0, 0.1) is 12.7 Å². The molecule has 0 saturated carbocycles. The van der Waals surface area contributed by atoms with E-state index in [0.29, 0.717) is 23.6 Å². The molecule has 0 unspecified atom stereocenters. The van der Waals surface area contributed by atoms with Gasteiger partial charge >= 0.3 is 5.97 Å². The lowest BCUT2D eigenvalue weighted by molar-refractivity contribution is -0.114. The summed E-state index contributed by atoms with van der Waals surface area (Å²) in [5.41, 5.74) is 1.36. The van der Waals surface area contributed by atoms with Crippen molar-refractivity contribution in [1.29, 1.82) is 0 Å². The Labute approximate surface area is 209 Å². The Bertz CT molecular complexity index is 1330. The number of carbonyl (C=O) groups excluding carboxylic acids is 2. The molecule has 36 heavy (non-hydrogen) atoms. The number of anilines is 2. The number of aryl methyl sites for hydroxylation is 1. The van der Waals surface area contributed by atoms with Crippen molar-refractivity contribution in [2.75, 3.05) is 29.4 Å². The monoisotopic (exact) mass is 514 g/mol. The standard InChI is InChI=1S/C26H27FN2O6S/c1-4-34-22-12-14-23(15-13-22)36(32,33)29(21-10-8-20(27)9-11-21)17-25(30)28-24-16-19(7-6-18(24)3)26(31)35-5-2/h6-16H,4-5,17H2,1-3H3,(H,28,30). The third-order valence-corrected chi connectivity index (χ3v) is 6.94. The summed E-state index contributed by atoms with van der Waals surface area (Å²) >= 11 is 0. The molecule has 0 aromatic heterocycles. The normalized spacial score (nSPS) is 11.0. The molecule has 190 valence electrons. The molecule has 3 rings (SSSR count). The van der Waals surface area contributed by atoms with Crippen LogP contribution in [0.5, 0.6) is 5.75 Å². The van der Waals surface area contributed by atoms with Gasteiger partial charge in [-0.15, -0.1) is 0 Å². The van der Waals surface area contributed by atoms with Gasteiger partial charge in [0, 0.05) is 5.69 Å². The molecular formula is C26H27FN2O6S. The van der Waals surface area contributed by atoms with E-state index in [9.17, 15) is 22.4 Å². The zero-order valence-electron chi connectivity index (χ0n) is 20.2. The van der Waals surface area contributed by atoms with E-state index < -0.39 is 34.3 Å². The fourth-order valence-corrected chi connectivity index (χ4v) is 4.76. The minimum Gasteiger partial charge on any atom is -0.494 e. The summed E-state index contributed by atoms with van der Waals surface area (Å²) in [7, 11) is -4.20. The first-order valence-electron chi connectivity index (χ1n) is 11.2. The number of halogens is 1. The van der Waals surface area contributed by atoms with Gasteiger partial charge in [-0.1, -0.05) is 6.07 Å². The molecule has 0 atom stereocenters. The predicted molar refractivity (Wildman–Crippen MR) is 134 cm³/mol. The molecule has 0 aliphatic carbocycles. The maximum atomic E-state index is 13.5. The fourth-order valence-electron chi connectivity index (χ4n) is 3.34. The second kappa shape index (κ2) is 11.7. The quantitative estimate of drug-likeness (QED) is 0.399. The van der Waals surface area contributed by atoms with Crippen molar-refractivity contribution in [3.63, 3.8) is 0 Å². The lowest BCUT2D eigenvalue weighted by atomic mass is 10.1. The average molecular weight is 515 g/mol. The molecule has 0 saturated heterocycles. The summed E-state index contributed by atoms with van der Waals surface area (Å²) in [6.07, 6.45) is 0. The Kier molecular flexibility index (Phi) is 8.65. The highest BCUT2D eigenvalue weighted by molar-refractivity contribution is 7.92. The second-order valence-electron chi connectivity index (χ2n) is 7.69. The van der Waals surface area contributed by atoms with E-state index in [1.165, 1.54) is 42.5 Å². The summed E-state index contributed by atoms with van der Waals surface area (Å²) in [5.74, 6) is -1.25. The van der Waals surface area contributed by atoms with Gasteiger partial charge in [-0.05, 0) is 87.0 Å². The van der Waals surface area contributed by atoms with Crippen molar-refractivity contribution in [2.24, 2.45) is 0 Å². The van der Waals surface area contributed by atoms with Gasteiger partial charge in [-0.25, -0.2) is 17.6 Å². The summed E-state index contributed by atoms with van der Waals surface area (Å²) in [6.45, 7) is 5.26. The molecule has 0 aliphatic heterocycles. The van der Waals surface area contributed by atoms with Crippen LogP contribution in [-0.4, -0.2) is 40.1 Å². The van der Waals surface area contributed by atoms with Crippen LogP contribution in [0.3, 0.4) is 0 Å². The van der Waals surface area contributed by atoms with Crippen LogP contribution >= 0.6 is 0 Å². The van der Waals surface area contributed by atoms with Crippen LogP contribution in [0.15, 0.2) is 71.6 Å². The molecule has 0 radical (unpaired) electrons. The molecule has 0 aliphatic rings. The Morgan fingerprint density at radius 1 is 0.944 bits per heavy atom. The maximum absolute atomic E-state index is 13.5. The first-order chi connectivity index (χ1) is 17.1. The topological polar surface area (TPSA) is 102 Å². The summed E-state index contributed by atoms with van der Waals surface area (Å²) in [6, 6.07) is 15.3. The molecule has 0 fully saturated rings. The number of nitrogens with zero attached hydrogens (tertiary/aromatic N) is 1. The molecular weight excluding hydrogens is 487 g/mol. The van der Waals surface area contributed by atoms with Crippen LogP contribution in [0.1, 0.15) is 29.8 Å². The lowest BCUT2D eigenvalue weighted by Gasteiger charge is -2.24. The molecule has 1 amide bonds. The van der Waals surface area contributed by atoms with Crippen LogP contribution in [-0.2, 0) is 19.6 Å². The van der Waals surface area contributed by atoms with E-state index >= 15 is 0 Å². The third-order valence-electron chi connectivity index (χ3n) is 5.15. The Morgan fingerprint density at radius 2 is 1.61 bits per heavy atom. The molecule has 8 nitrogen and oxygen atoms in total. The number of carbonyl (C=O) groups is 2. The van der Waals surface area contributed by atoms with Gasteiger partial charge in [0.25, 0.3) is 10.0 Å². The number of esters is 1. The molecule has 0 bridgehead atoms. The van der Waals surface area contributed by atoms with Gasteiger partial charge in [0.15, 0.2) is 0 Å².